The van der Waals surface area contributed by atoms with Crippen LogP contribution in [0.2, 0.25) is 0 Å². The molecule has 122 valence electrons. The van der Waals surface area contributed by atoms with E-state index in [1.807, 2.05) is 24.5 Å². The Morgan fingerprint density at radius 2 is 2.08 bits per heavy atom. The van der Waals surface area contributed by atoms with Crippen LogP contribution in [-0.4, -0.2) is 22.6 Å². The number of hydrogen-bond donors (Lipinski definition) is 0. The van der Waals surface area contributed by atoms with Crippen molar-refractivity contribution in [3.8, 4) is 11.8 Å². The number of methoxy groups -OCH3 is 1. The molecule has 7 heteroatoms. The van der Waals surface area contributed by atoms with E-state index < -0.39 is 10.9 Å². The molecule has 0 aliphatic rings. The Labute approximate surface area is 138 Å². The largest absolute Gasteiger partial charge is 0.465 e. The van der Waals surface area contributed by atoms with Gasteiger partial charge in [0.2, 0.25) is 0 Å². The number of esters is 1. The summed E-state index contributed by atoms with van der Waals surface area (Å²) in [4.78, 5) is 22.0. The molecule has 2 rings (SSSR count). The predicted octanol–water partition coefficient (Wildman–Crippen LogP) is 3.08. The summed E-state index contributed by atoms with van der Waals surface area (Å²) in [6.07, 6.45) is 1.45. The van der Waals surface area contributed by atoms with Gasteiger partial charge in [0.05, 0.1) is 17.7 Å². The number of aryl methyl sites for hydroxylation is 1. The van der Waals surface area contributed by atoms with Crippen LogP contribution in [0.1, 0.15) is 17.0 Å². The Morgan fingerprint density at radius 1 is 1.38 bits per heavy atom. The molecule has 24 heavy (non-hydrogen) atoms. The Morgan fingerprint density at radius 3 is 2.67 bits per heavy atom. The van der Waals surface area contributed by atoms with E-state index in [2.05, 4.69) is 4.74 Å². The Balaban J connectivity index is 2.57. The van der Waals surface area contributed by atoms with E-state index in [1.165, 1.54) is 25.3 Å². The van der Waals surface area contributed by atoms with Crippen LogP contribution in [0.3, 0.4) is 0 Å². The minimum Gasteiger partial charge on any atom is -0.465 e. The molecule has 0 saturated carbocycles. The van der Waals surface area contributed by atoms with E-state index in [1.54, 1.807) is 18.2 Å². The van der Waals surface area contributed by atoms with E-state index in [4.69, 9.17) is 5.26 Å². The van der Waals surface area contributed by atoms with Gasteiger partial charge in [0.15, 0.2) is 0 Å². The van der Waals surface area contributed by atoms with E-state index >= 15 is 0 Å². The number of nitro benzene ring substituents is 1. The molecule has 0 saturated heterocycles. The highest BCUT2D eigenvalue weighted by atomic mass is 16.6. The van der Waals surface area contributed by atoms with Gasteiger partial charge in [-0.15, -0.1) is 0 Å². The number of ether oxygens (including phenoxy) is 1. The Hall–Kier alpha value is -3.40. The topological polar surface area (TPSA) is 98.2 Å². The molecule has 1 aromatic carbocycles. The van der Waals surface area contributed by atoms with Gasteiger partial charge in [-0.05, 0) is 37.6 Å². The summed E-state index contributed by atoms with van der Waals surface area (Å²) in [7, 11) is 1.21. The van der Waals surface area contributed by atoms with Crippen molar-refractivity contribution in [3.63, 3.8) is 0 Å². The van der Waals surface area contributed by atoms with Crippen molar-refractivity contribution in [1.29, 1.82) is 5.26 Å². The third kappa shape index (κ3) is 3.17. The van der Waals surface area contributed by atoms with E-state index in [9.17, 15) is 14.9 Å². The van der Waals surface area contributed by atoms with Gasteiger partial charge in [0, 0.05) is 23.5 Å². The van der Waals surface area contributed by atoms with Crippen LogP contribution in [0.25, 0.3) is 11.8 Å². The van der Waals surface area contributed by atoms with Crippen molar-refractivity contribution < 1.29 is 14.5 Å². The minimum absolute atomic E-state index is 0.00985. The minimum atomic E-state index is -0.711. The molecular formula is C17H15N3O4. The van der Waals surface area contributed by atoms with Gasteiger partial charge in [-0.25, -0.2) is 4.79 Å². The first-order valence-electron chi connectivity index (χ1n) is 7.03. The highest BCUT2D eigenvalue weighted by molar-refractivity contribution is 5.98. The molecule has 0 bridgehead atoms. The molecule has 0 amide bonds. The number of aromatic nitrogens is 1. The summed E-state index contributed by atoms with van der Waals surface area (Å²) in [5.41, 5.74) is 2.75. The molecule has 1 heterocycles. The number of rotatable bonds is 4. The van der Waals surface area contributed by atoms with Gasteiger partial charge >= 0.3 is 5.97 Å². The van der Waals surface area contributed by atoms with Crippen molar-refractivity contribution in [1.82, 2.24) is 4.57 Å². The monoisotopic (exact) mass is 325 g/mol. The summed E-state index contributed by atoms with van der Waals surface area (Å²) in [6.45, 7) is 3.65. The zero-order chi connectivity index (χ0) is 17.9. The van der Waals surface area contributed by atoms with E-state index in [-0.39, 0.29) is 11.3 Å². The van der Waals surface area contributed by atoms with Gasteiger partial charge in [-0.1, -0.05) is 6.07 Å². The number of non-ortho nitro benzene ring substituents is 1. The van der Waals surface area contributed by atoms with Crippen molar-refractivity contribution in [2.75, 3.05) is 7.11 Å². The SMILES string of the molecule is COC(=O)/C(C#N)=C/c1cc(C)n(-c2cccc([N+](=O)[O-])c2)c1C. The van der Waals surface area contributed by atoms with Gasteiger partial charge in [0.1, 0.15) is 11.6 Å². The average Bonchev–Trinajstić information content (AvgIpc) is 2.85. The van der Waals surface area contributed by atoms with Gasteiger partial charge < -0.3 is 9.30 Å². The molecule has 0 aliphatic carbocycles. The highest BCUT2D eigenvalue weighted by Gasteiger charge is 2.15. The van der Waals surface area contributed by atoms with Crippen LogP contribution in [-0.2, 0) is 9.53 Å². The predicted molar refractivity (Wildman–Crippen MR) is 87.5 cm³/mol. The first-order chi connectivity index (χ1) is 11.4. The molecule has 0 radical (unpaired) electrons. The summed E-state index contributed by atoms with van der Waals surface area (Å²) >= 11 is 0. The normalized spacial score (nSPS) is 11.0. The second-order valence-corrected chi connectivity index (χ2v) is 5.10. The summed E-state index contributed by atoms with van der Waals surface area (Å²) < 4.78 is 6.39. The lowest BCUT2D eigenvalue weighted by molar-refractivity contribution is -0.384. The van der Waals surface area contributed by atoms with Crippen LogP contribution >= 0.6 is 0 Å². The van der Waals surface area contributed by atoms with E-state index in [0.29, 0.717) is 11.3 Å². The fraction of sp³-hybridized carbons (Fsp3) is 0.176. The second kappa shape index (κ2) is 6.79. The number of nitro groups is 1. The maximum Gasteiger partial charge on any atom is 0.348 e. The Bertz CT molecular complexity index is 888. The number of nitriles is 1. The molecule has 0 spiro atoms. The fourth-order valence-corrected chi connectivity index (χ4v) is 2.48. The third-order valence-corrected chi connectivity index (χ3v) is 3.59. The highest BCUT2D eigenvalue weighted by Crippen LogP contribution is 2.25. The quantitative estimate of drug-likeness (QED) is 0.283. The number of nitrogens with zero attached hydrogens (tertiary/aromatic N) is 3. The summed E-state index contributed by atoms with van der Waals surface area (Å²) in [6, 6.07) is 9.86. The van der Waals surface area contributed by atoms with Crippen LogP contribution in [0.4, 0.5) is 5.69 Å². The van der Waals surface area contributed by atoms with E-state index in [0.717, 1.165) is 11.4 Å². The summed E-state index contributed by atoms with van der Waals surface area (Å²) in [5.74, 6) is -0.711. The molecule has 0 N–H and O–H groups in total. The van der Waals surface area contributed by atoms with Crippen molar-refractivity contribution in [2.45, 2.75) is 13.8 Å². The van der Waals surface area contributed by atoms with Crippen LogP contribution in [0.5, 0.6) is 0 Å². The first-order valence-corrected chi connectivity index (χ1v) is 7.03. The molecule has 0 aliphatic heterocycles. The molecular weight excluding hydrogens is 310 g/mol. The first kappa shape index (κ1) is 17.0. The summed E-state index contributed by atoms with van der Waals surface area (Å²) in [5, 5.41) is 20.0. The molecule has 7 nitrogen and oxygen atoms in total. The third-order valence-electron chi connectivity index (χ3n) is 3.59. The molecule has 0 fully saturated rings. The van der Waals surface area contributed by atoms with Gasteiger partial charge in [-0.3, -0.25) is 10.1 Å². The molecule has 2 aromatic rings. The fourth-order valence-electron chi connectivity index (χ4n) is 2.48. The zero-order valence-electron chi connectivity index (χ0n) is 13.4. The van der Waals surface area contributed by atoms with Crippen LogP contribution < -0.4 is 0 Å². The van der Waals surface area contributed by atoms with Crippen LogP contribution in [0.15, 0.2) is 35.9 Å². The van der Waals surface area contributed by atoms with Gasteiger partial charge in [0.25, 0.3) is 5.69 Å². The number of benzene rings is 1. The van der Waals surface area contributed by atoms with Gasteiger partial charge in [-0.2, -0.15) is 5.26 Å². The maximum atomic E-state index is 11.5. The lowest BCUT2D eigenvalue weighted by Gasteiger charge is -2.09. The standard InChI is InChI=1S/C17H15N3O4/c1-11-7-13(8-14(10-18)17(21)24-3)12(2)19(11)15-5-4-6-16(9-15)20(22)23/h4-9H,1-3H3/b14-8+. The lowest BCUT2D eigenvalue weighted by atomic mass is 10.1. The number of carbonyl (C=O) groups is 1. The molecule has 0 unspecified atom stereocenters. The number of carbonyl (C=O) groups excluding carboxylic acids is 1. The van der Waals surface area contributed by atoms with Crippen molar-refractivity contribution >= 4 is 17.7 Å². The molecule has 0 atom stereocenters. The van der Waals surface area contributed by atoms with Crippen molar-refractivity contribution in [2.24, 2.45) is 0 Å². The lowest BCUT2D eigenvalue weighted by Crippen LogP contribution is -2.03. The smallest absolute Gasteiger partial charge is 0.348 e. The average molecular weight is 325 g/mol. The molecule has 1 aromatic heterocycles. The van der Waals surface area contributed by atoms with Crippen LogP contribution in [0, 0.1) is 35.3 Å². The number of hydrogen-bond acceptors (Lipinski definition) is 5. The van der Waals surface area contributed by atoms with Crippen molar-refractivity contribution in [3.05, 3.63) is 63.0 Å². The zero-order valence-corrected chi connectivity index (χ0v) is 13.4. The second-order valence-electron chi connectivity index (χ2n) is 5.10. The Kier molecular flexibility index (Phi) is 4.80. The maximum absolute atomic E-state index is 11.5.